The van der Waals surface area contributed by atoms with Crippen molar-refractivity contribution in [2.45, 2.75) is 80.4 Å². The van der Waals surface area contributed by atoms with Crippen LogP contribution in [0.3, 0.4) is 0 Å². The molecule has 0 aromatic carbocycles. The third-order valence-electron chi connectivity index (χ3n) is 5.10. The van der Waals surface area contributed by atoms with E-state index in [1.165, 1.54) is 0 Å². The van der Waals surface area contributed by atoms with Gasteiger partial charge < -0.3 is 14.2 Å². The first kappa shape index (κ1) is 22.4. The van der Waals surface area contributed by atoms with E-state index in [9.17, 15) is 4.79 Å². The van der Waals surface area contributed by atoms with Crippen LogP contribution in [0, 0.1) is 17.3 Å². The molecule has 23 heavy (non-hydrogen) atoms. The largest absolute Gasteiger partial charge is 0.465 e. The Kier molecular flexibility index (Phi) is 9.37. The summed E-state index contributed by atoms with van der Waals surface area (Å²) in [5.74, 6) is 0.666. The summed E-state index contributed by atoms with van der Waals surface area (Å²) in [5, 5.41) is 0. The molecule has 0 radical (unpaired) electrons. The zero-order valence-electron chi connectivity index (χ0n) is 16.7. The van der Waals surface area contributed by atoms with Crippen molar-refractivity contribution in [3.63, 3.8) is 0 Å². The molecule has 0 aromatic rings. The van der Waals surface area contributed by atoms with Crippen molar-refractivity contribution in [2.75, 3.05) is 19.8 Å². The van der Waals surface area contributed by atoms with E-state index in [1.807, 2.05) is 41.5 Å². The summed E-state index contributed by atoms with van der Waals surface area (Å²) in [7, 11) is 0. The highest BCUT2D eigenvalue weighted by atomic mass is 16.6. The Labute approximate surface area is 143 Å². The summed E-state index contributed by atoms with van der Waals surface area (Å²) in [6, 6.07) is 0. The van der Waals surface area contributed by atoms with E-state index in [0.717, 1.165) is 0 Å². The Bertz CT molecular complexity index is 349. The number of carbonyl (C=O) groups is 1. The van der Waals surface area contributed by atoms with Crippen LogP contribution >= 0.6 is 0 Å². The van der Waals surface area contributed by atoms with E-state index < -0.39 is 11.0 Å². The lowest BCUT2D eigenvalue weighted by atomic mass is 9.73. The van der Waals surface area contributed by atoms with Crippen LogP contribution < -0.4 is 0 Å². The molecule has 0 aliphatic heterocycles. The van der Waals surface area contributed by atoms with Crippen LogP contribution in [0.25, 0.3) is 0 Å². The van der Waals surface area contributed by atoms with Crippen molar-refractivity contribution in [2.24, 2.45) is 17.3 Å². The van der Waals surface area contributed by atoms with Crippen molar-refractivity contribution >= 4 is 5.97 Å². The van der Waals surface area contributed by atoms with Gasteiger partial charge in [0.2, 0.25) is 0 Å². The van der Waals surface area contributed by atoms with E-state index in [0.29, 0.717) is 38.1 Å². The van der Waals surface area contributed by atoms with Gasteiger partial charge in [-0.25, -0.2) is 0 Å². The van der Waals surface area contributed by atoms with E-state index in [1.54, 1.807) is 0 Å². The fourth-order valence-corrected chi connectivity index (χ4v) is 2.11. The molecular weight excluding hydrogens is 292 g/mol. The lowest BCUT2D eigenvalue weighted by molar-refractivity contribution is -0.182. The minimum Gasteiger partial charge on any atom is -0.465 e. The third-order valence-corrected chi connectivity index (χ3v) is 5.10. The fraction of sp³-hybridized carbons (Fsp3) is 0.947. The van der Waals surface area contributed by atoms with Gasteiger partial charge in [0.05, 0.1) is 36.9 Å². The summed E-state index contributed by atoms with van der Waals surface area (Å²) in [6.45, 7) is 19.7. The molecular formula is C19H38O4. The molecule has 0 saturated carbocycles. The second-order valence-corrected chi connectivity index (χ2v) is 7.78. The summed E-state index contributed by atoms with van der Waals surface area (Å²) in [6.07, 6.45) is 0.849. The van der Waals surface area contributed by atoms with Crippen molar-refractivity contribution in [1.82, 2.24) is 0 Å². The van der Waals surface area contributed by atoms with E-state index in [-0.39, 0.29) is 12.1 Å². The molecule has 0 aromatic heterocycles. The molecule has 0 spiro atoms. The molecule has 0 rings (SSSR count). The average Bonchev–Trinajstić information content (AvgIpc) is 2.47. The first-order chi connectivity index (χ1) is 10.5. The standard InChI is InChI=1S/C19H38O4/c1-10-19(9,17(20)22-13-16(6)14(2)3)18(7,8)23-12-11-21-15(4)5/h14-16H,10-13H2,1-9H3. The fourth-order valence-electron chi connectivity index (χ4n) is 2.11. The van der Waals surface area contributed by atoms with E-state index >= 15 is 0 Å². The van der Waals surface area contributed by atoms with Gasteiger partial charge in [-0.2, -0.15) is 0 Å². The van der Waals surface area contributed by atoms with Crippen LogP contribution in [0.5, 0.6) is 0 Å². The smallest absolute Gasteiger partial charge is 0.314 e. The van der Waals surface area contributed by atoms with Crippen LogP contribution in [0.1, 0.15) is 68.7 Å². The molecule has 0 N–H and O–H groups in total. The zero-order chi connectivity index (χ0) is 18.3. The zero-order valence-corrected chi connectivity index (χ0v) is 16.7. The monoisotopic (exact) mass is 330 g/mol. The highest BCUT2D eigenvalue weighted by Gasteiger charge is 2.48. The molecule has 0 saturated heterocycles. The summed E-state index contributed by atoms with van der Waals surface area (Å²) in [5.41, 5.74) is -1.29. The van der Waals surface area contributed by atoms with Crippen LogP contribution in [0.2, 0.25) is 0 Å². The maximum atomic E-state index is 12.7. The van der Waals surface area contributed by atoms with E-state index in [4.69, 9.17) is 14.2 Å². The summed E-state index contributed by atoms with van der Waals surface area (Å²) in [4.78, 5) is 12.7. The summed E-state index contributed by atoms with van der Waals surface area (Å²) >= 11 is 0. The van der Waals surface area contributed by atoms with Gasteiger partial charge in [-0.05, 0) is 52.9 Å². The molecule has 0 aliphatic carbocycles. The van der Waals surface area contributed by atoms with Crippen LogP contribution in [-0.4, -0.2) is 37.5 Å². The lowest BCUT2D eigenvalue weighted by Gasteiger charge is -2.41. The molecule has 0 amide bonds. The molecule has 2 atom stereocenters. The lowest BCUT2D eigenvalue weighted by Crippen LogP contribution is -2.50. The maximum absolute atomic E-state index is 12.7. The highest BCUT2D eigenvalue weighted by Crippen LogP contribution is 2.39. The first-order valence-electron chi connectivity index (χ1n) is 8.90. The van der Waals surface area contributed by atoms with E-state index in [2.05, 4.69) is 20.8 Å². The van der Waals surface area contributed by atoms with Gasteiger partial charge in [0.25, 0.3) is 0 Å². The molecule has 4 heteroatoms. The van der Waals surface area contributed by atoms with Crippen LogP contribution in [-0.2, 0) is 19.0 Å². The predicted molar refractivity (Wildman–Crippen MR) is 94.5 cm³/mol. The molecule has 2 unspecified atom stereocenters. The van der Waals surface area contributed by atoms with Gasteiger partial charge in [-0.1, -0.05) is 27.7 Å². The van der Waals surface area contributed by atoms with Crippen molar-refractivity contribution < 1.29 is 19.0 Å². The topological polar surface area (TPSA) is 44.8 Å². The normalized spacial score (nSPS) is 16.5. The van der Waals surface area contributed by atoms with Gasteiger partial charge in [-0.3, -0.25) is 4.79 Å². The van der Waals surface area contributed by atoms with Gasteiger partial charge in [0.1, 0.15) is 0 Å². The molecule has 0 heterocycles. The van der Waals surface area contributed by atoms with Gasteiger partial charge in [0.15, 0.2) is 0 Å². The SMILES string of the molecule is CCC(C)(C(=O)OCC(C)C(C)C)C(C)(C)OCCOC(C)C. The van der Waals surface area contributed by atoms with Crippen molar-refractivity contribution in [3.05, 3.63) is 0 Å². The number of hydrogen-bond donors (Lipinski definition) is 0. The van der Waals surface area contributed by atoms with Crippen molar-refractivity contribution in [3.8, 4) is 0 Å². The second-order valence-electron chi connectivity index (χ2n) is 7.78. The summed E-state index contributed by atoms with van der Waals surface area (Å²) < 4.78 is 17.1. The first-order valence-corrected chi connectivity index (χ1v) is 8.90. The number of esters is 1. The Balaban J connectivity index is 4.72. The number of rotatable bonds is 11. The third kappa shape index (κ3) is 6.80. The Morgan fingerprint density at radius 3 is 2.00 bits per heavy atom. The number of carbonyl (C=O) groups excluding carboxylic acids is 1. The Morgan fingerprint density at radius 1 is 1.00 bits per heavy atom. The highest BCUT2D eigenvalue weighted by molar-refractivity contribution is 5.77. The van der Waals surface area contributed by atoms with Gasteiger partial charge in [-0.15, -0.1) is 0 Å². The minimum atomic E-state index is -0.679. The number of hydrogen-bond acceptors (Lipinski definition) is 4. The van der Waals surface area contributed by atoms with Gasteiger partial charge >= 0.3 is 5.97 Å². The molecule has 4 nitrogen and oxygen atoms in total. The Morgan fingerprint density at radius 2 is 1.57 bits per heavy atom. The minimum absolute atomic E-state index is 0.178. The average molecular weight is 331 g/mol. The number of ether oxygens (including phenoxy) is 3. The van der Waals surface area contributed by atoms with Crippen molar-refractivity contribution in [1.29, 1.82) is 0 Å². The van der Waals surface area contributed by atoms with Crippen LogP contribution in [0.4, 0.5) is 0 Å². The quantitative estimate of drug-likeness (QED) is 0.414. The Hall–Kier alpha value is -0.610. The molecule has 0 bridgehead atoms. The molecule has 138 valence electrons. The molecule has 0 aliphatic rings. The molecule has 0 fully saturated rings. The van der Waals surface area contributed by atoms with Crippen LogP contribution in [0.15, 0.2) is 0 Å². The van der Waals surface area contributed by atoms with Gasteiger partial charge in [0, 0.05) is 0 Å². The second kappa shape index (κ2) is 9.63. The predicted octanol–water partition coefficient (Wildman–Crippen LogP) is 4.46. The maximum Gasteiger partial charge on any atom is 0.314 e.